The van der Waals surface area contributed by atoms with E-state index in [1.54, 1.807) is 0 Å². The molecular formula is C18H26N4O2. The summed E-state index contributed by atoms with van der Waals surface area (Å²) in [5, 5.41) is 19.8. The van der Waals surface area contributed by atoms with Crippen molar-refractivity contribution < 1.29 is 9.90 Å². The number of hydrogen-bond donors (Lipinski definition) is 3. The molecule has 2 rings (SSSR count). The number of aromatic nitrogens is 2. The SMILES string of the molecule is CCC[C@](C)(CO)NC(=O)Nc1c(C)nn(-c2ccccc2)c1C. The van der Waals surface area contributed by atoms with Crippen LogP contribution in [0.1, 0.15) is 38.1 Å². The molecule has 3 N–H and O–H groups in total. The van der Waals surface area contributed by atoms with Crippen LogP contribution in [0.3, 0.4) is 0 Å². The molecular weight excluding hydrogens is 304 g/mol. The number of nitrogens with one attached hydrogen (secondary N) is 2. The van der Waals surface area contributed by atoms with Crippen LogP contribution in [0.15, 0.2) is 30.3 Å². The van der Waals surface area contributed by atoms with E-state index in [0.717, 1.165) is 23.5 Å². The lowest BCUT2D eigenvalue weighted by Gasteiger charge is -2.28. The molecule has 0 radical (unpaired) electrons. The van der Waals surface area contributed by atoms with Gasteiger partial charge in [0.05, 0.1) is 34.9 Å². The van der Waals surface area contributed by atoms with Gasteiger partial charge in [-0.2, -0.15) is 5.10 Å². The van der Waals surface area contributed by atoms with Crippen molar-refractivity contribution in [2.75, 3.05) is 11.9 Å². The molecule has 1 aromatic heterocycles. The summed E-state index contributed by atoms with van der Waals surface area (Å²) in [7, 11) is 0. The van der Waals surface area contributed by atoms with Crippen LogP contribution >= 0.6 is 0 Å². The Kier molecular flexibility index (Phi) is 5.62. The summed E-state index contributed by atoms with van der Waals surface area (Å²) in [4.78, 5) is 12.3. The fraction of sp³-hybridized carbons (Fsp3) is 0.444. The van der Waals surface area contributed by atoms with E-state index in [-0.39, 0.29) is 12.6 Å². The van der Waals surface area contributed by atoms with Gasteiger partial charge in [-0.3, -0.25) is 0 Å². The maximum Gasteiger partial charge on any atom is 0.319 e. The summed E-state index contributed by atoms with van der Waals surface area (Å²) in [5.41, 5.74) is 2.60. The molecule has 0 saturated carbocycles. The van der Waals surface area contributed by atoms with Gasteiger partial charge in [-0.1, -0.05) is 31.5 Å². The molecule has 0 unspecified atom stereocenters. The third-order valence-electron chi connectivity index (χ3n) is 4.10. The van der Waals surface area contributed by atoms with Crippen LogP contribution in [0.4, 0.5) is 10.5 Å². The lowest BCUT2D eigenvalue weighted by Crippen LogP contribution is -2.50. The highest BCUT2D eigenvalue weighted by atomic mass is 16.3. The first-order valence-electron chi connectivity index (χ1n) is 8.22. The van der Waals surface area contributed by atoms with Gasteiger partial charge in [0.1, 0.15) is 0 Å². The van der Waals surface area contributed by atoms with Crippen molar-refractivity contribution in [2.45, 2.75) is 46.1 Å². The summed E-state index contributed by atoms with van der Waals surface area (Å²) < 4.78 is 1.81. The number of aliphatic hydroxyl groups is 1. The topological polar surface area (TPSA) is 79.2 Å². The molecule has 0 bridgehead atoms. The van der Waals surface area contributed by atoms with Crippen LogP contribution < -0.4 is 10.6 Å². The van der Waals surface area contributed by atoms with E-state index in [4.69, 9.17) is 0 Å². The molecule has 0 aliphatic carbocycles. The molecule has 0 spiro atoms. The molecule has 6 nitrogen and oxygen atoms in total. The minimum Gasteiger partial charge on any atom is -0.394 e. The number of amides is 2. The normalized spacial score (nSPS) is 13.4. The van der Waals surface area contributed by atoms with Crippen molar-refractivity contribution in [3.8, 4) is 5.69 Å². The van der Waals surface area contributed by atoms with E-state index in [9.17, 15) is 9.90 Å². The van der Waals surface area contributed by atoms with Crippen molar-refractivity contribution in [1.29, 1.82) is 0 Å². The molecule has 2 amide bonds. The van der Waals surface area contributed by atoms with Crippen LogP contribution in [0, 0.1) is 13.8 Å². The second-order valence-corrected chi connectivity index (χ2v) is 6.34. The average Bonchev–Trinajstić information content (AvgIpc) is 2.84. The molecule has 2 aromatic rings. The fourth-order valence-corrected chi connectivity index (χ4v) is 2.80. The highest BCUT2D eigenvalue weighted by Crippen LogP contribution is 2.23. The van der Waals surface area contributed by atoms with Gasteiger partial charge in [-0.15, -0.1) is 0 Å². The second-order valence-electron chi connectivity index (χ2n) is 6.34. The zero-order chi connectivity index (χ0) is 17.7. The van der Waals surface area contributed by atoms with Gasteiger partial charge in [0.25, 0.3) is 0 Å². The van der Waals surface area contributed by atoms with Crippen LogP contribution in [0.2, 0.25) is 0 Å². The zero-order valence-electron chi connectivity index (χ0n) is 14.8. The smallest absolute Gasteiger partial charge is 0.319 e. The first kappa shape index (κ1) is 18.0. The van der Waals surface area contributed by atoms with Gasteiger partial charge < -0.3 is 15.7 Å². The van der Waals surface area contributed by atoms with Crippen LogP contribution in [-0.2, 0) is 0 Å². The molecule has 1 atom stereocenters. The van der Waals surface area contributed by atoms with Crippen LogP contribution in [0.5, 0.6) is 0 Å². The van der Waals surface area contributed by atoms with Crippen molar-refractivity contribution in [2.24, 2.45) is 0 Å². The van der Waals surface area contributed by atoms with Crippen molar-refractivity contribution in [1.82, 2.24) is 15.1 Å². The minimum absolute atomic E-state index is 0.102. The van der Waals surface area contributed by atoms with E-state index in [2.05, 4.69) is 15.7 Å². The largest absolute Gasteiger partial charge is 0.394 e. The maximum atomic E-state index is 12.3. The number of urea groups is 1. The minimum atomic E-state index is -0.629. The van der Waals surface area contributed by atoms with E-state index >= 15 is 0 Å². The zero-order valence-corrected chi connectivity index (χ0v) is 14.8. The molecule has 1 aromatic carbocycles. The fourth-order valence-electron chi connectivity index (χ4n) is 2.80. The molecule has 0 fully saturated rings. The summed E-state index contributed by atoms with van der Waals surface area (Å²) >= 11 is 0. The number of para-hydroxylation sites is 1. The number of hydrogen-bond acceptors (Lipinski definition) is 3. The Hall–Kier alpha value is -2.34. The standard InChI is InChI=1S/C18H26N4O2/c1-5-11-18(4,12-23)20-17(24)19-16-13(2)21-22(14(16)3)15-9-7-6-8-10-15/h6-10,23H,5,11-12H2,1-4H3,(H2,19,20,24)/t18-/m1/s1. The monoisotopic (exact) mass is 330 g/mol. The van der Waals surface area contributed by atoms with Gasteiger partial charge in [0, 0.05) is 0 Å². The number of anilines is 1. The molecule has 0 aliphatic rings. The lowest BCUT2D eigenvalue weighted by molar-refractivity contribution is 0.167. The number of benzene rings is 1. The summed E-state index contributed by atoms with van der Waals surface area (Å²) in [6.45, 7) is 7.53. The Balaban J connectivity index is 2.19. The molecule has 24 heavy (non-hydrogen) atoms. The highest BCUT2D eigenvalue weighted by molar-refractivity contribution is 5.91. The third-order valence-corrected chi connectivity index (χ3v) is 4.10. The van der Waals surface area contributed by atoms with Gasteiger partial charge in [-0.05, 0) is 39.3 Å². The average molecular weight is 330 g/mol. The number of nitrogens with zero attached hydrogens (tertiary/aromatic N) is 2. The van der Waals surface area contributed by atoms with Crippen molar-refractivity contribution in [3.05, 3.63) is 41.7 Å². The molecule has 0 saturated heterocycles. The maximum absolute atomic E-state index is 12.3. The number of rotatable bonds is 6. The number of carbonyl (C=O) groups is 1. The lowest BCUT2D eigenvalue weighted by atomic mass is 9.98. The number of aliphatic hydroxyl groups excluding tert-OH is 1. The Morgan fingerprint density at radius 2 is 1.96 bits per heavy atom. The van der Waals surface area contributed by atoms with E-state index in [1.807, 2.05) is 62.7 Å². The molecule has 130 valence electrons. The highest BCUT2D eigenvalue weighted by Gasteiger charge is 2.25. The van der Waals surface area contributed by atoms with E-state index in [0.29, 0.717) is 12.1 Å². The molecule has 6 heteroatoms. The molecule has 1 heterocycles. The predicted octanol–water partition coefficient (Wildman–Crippen LogP) is 3.16. The summed E-state index contributed by atoms with van der Waals surface area (Å²) in [5.74, 6) is 0. The van der Waals surface area contributed by atoms with Gasteiger partial charge >= 0.3 is 6.03 Å². The quantitative estimate of drug-likeness (QED) is 0.761. The third kappa shape index (κ3) is 3.94. The Labute approximate surface area is 142 Å². The predicted molar refractivity (Wildman–Crippen MR) is 95.6 cm³/mol. The Bertz CT molecular complexity index is 697. The first-order chi connectivity index (χ1) is 11.4. The van der Waals surface area contributed by atoms with Gasteiger partial charge in [0.2, 0.25) is 0 Å². The number of carbonyl (C=O) groups excluding carboxylic acids is 1. The van der Waals surface area contributed by atoms with E-state index < -0.39 is 5.54 Å². The number of aryl methyl sites for hydroxylation is 1. The van der Waals surface area contributed by atoms with Gasteiger partial charge in [0.15, 0.2) is 0 Å². The summed E-state index contributed by atoms with van der Waals surface area (Å²) in [6.07, 6.45) is 1.58. The van der Waals surface area contributed by atoms with Crippen molar-refractivity contribution >= 4 is 11.7 Å². The van der Waals surface area contributed by atoms with Crippen molar-refractivity contribution in [3.63, 3.8) is 0 Å². The van der Waals surface area contributed by atoms with Crippen LogP contribution in [0.25, 0.3) is 5.69 Å². The Morgan fingerprint density at radius 3 is 2.54 bits per heavy atom. The second kappa shape index (κ2) is 7.49. The Morgan fingerprint density at radius 1 is 1.29 bits per heavy atom. The first-order valence-corrected chi connectivity index (χ1v) is 8.22. The molecule has 0 aliphatic heterocycles. The van der Waals surface area contributed by atoms with Gasteiger partial charge in [-0.25, -0.2) is 9.48 Å². The van der Waals surface area contributed by atoms with Crippen LogP contribution in [-0.4, -0.2) is 33.1 Å². The van der Waals surface area contributed by atoms with E-state index in [1.165, 1.54) is 0 Å². The summed E-state index contributed by atoms with van der Waals surface area (Å²) in [6, 6.07) is 9.44.